The first-order valence-electron chi connectivity index (χ1n) is 6.27. The summed E-state index contributed by atoms with van der Waals surface area (Å²) in [7, 11) is 1.72. The highest BCUT2D eigenvalue weighted by molar-refractivity contribution is 7.99. The molecule has 0 amide bonds. The highest BCUT2D eigenvalue weighted by Gasteiger charge is 2.01. The van der Waals surface area contributed by atoms with Crippen LogP contribution >= 0.6 is 11.8 Å². The first-order chi connectivity index (χ1) is 9.24. The van der Waals surface area contributed by atoms with Gasteiger partial charge in [0.2, 0.25) is 0 Å². The minimum Gasteiger partial charge on any atom is -0.494 e. The molecule has 0 spiro atoms. The normalized spacial score (nSPS) is 10.4. The summed E-state index contributed by atoms with van der Waals surface area (Å²) in [5.74, 6) is 1.98. The summed E-state index contributed by atoms with van der Waals surface area (Å²) in [4.78, 5) is 10.7. The molecule has 0 fully saturated rings. The van der Waals surface area contributed by atoms with Crippen molar-refractivity contribution in [3.8, 4) is 5.75 Å². The fraction of sp³-hybridized carbons (Fsp3) is 0.500. The summed E-state index contributed by atoms with van der Waals surface area (Å²) >= 11 is 1.90. The Morgan fingerprint density at radius 1 is 1.16 bits per heavy atom. The molecule has 1 aromatic carbocycles. The molecule has 0 aliphatic rings. The number of hydrogen-bond donors (Lipinski definition) is 1. The van der Waals surface area contributed by atoms with Crippen molar-refractivity contribution in [1.29, 1.82) is 0 Å². The number of carboxylic acid groups (broad SMARTS) is 1. The van der Waals surface area contributed by atoms with Crippen molar-refractivity contribution < 1.29 is 19.4 Å². The van der Waals surface area contributed by atoms with Gasteiger partial charge in [-0.05, 0) is 48.6 Å². The first-order valence-corrected chi connectivity index (χ1v) is 7.42. The Morgan fingerprint density at radius 3 is 2.37 bits per heavy atom. The predicted octanol–water partition coefficient (Wildman–Crippen LogP) is 2.92. The Morgan fingerprint density at radius 2 is 1.79 bits per heavy atom. The summed E-state index contributed by atoms with van der Waals surface area (Å²) in [6, 6.07) is 6.48. The summed E-state index contributed by atoms with van der Waals surface area (Å²) < 4.78 is 10.5. The van der Waals surface area contributed by atoms with Crippen LogP contribution in [0.2, 0.25) is 0 Å². The molecular formula is C14H20O4S. The number of carboxylic acids is 1. The van der Waals surface area contributed by atoms with Gasteiger partial charge in [0.05, 0.1) is 12.2 Å². The van der Waals surface area contributed by atoms with Crippen LogP contribution in [0, 0.1) is 0 Å². The molecule has 5 heteroatoms. The summed E-state index contributed by atoms with van der Waals surface area (Å²) in [6.45, 7) is 1.48. The van der Waals surface area contributed by atoms with Crippen LogP contribution in [-0.4, -0.2) is 42.9 Å². The van der Waals surface area contributed by atoms with E-state index in [1.165, 1.54) is 0 Å². The second-order valence-corrected chi connectivity index (χ2v) is 5.22. The highest BCUT2D eigenvalue weighted by Crippen LogP contribution is 2.13. The van der Waals surface area contributed by atoms with Gasteiger partial charge in [0, 0.05) is 13.7 Å². The second-order valence-electron chi connectivity index (χ2n) is 3.99. The minimum atomic E-state index is -0.918. The average molecular weight is 284 g/mol. The average Bonchev–Trinajstić information content (AvgIpc) is 2.42. The molecule has 0 aliphatic heterocycles. The Balaban J connectivity index is 2.07. The van der Waals surface area contributed by atoms with Gasteiger partial charge in [0.25, 0.3) is 0 Å². The molecule has 1 aromatic rings. The van der Waals surface area contributed by atoms with E-state index < -0.39 is 5.97 Å². The monoisotopic (exact) mass is 284 g/mol. The fourth-order valence-corrected chi connectivity index (χ4v) is 2.30. The number of hydrogen-bond acceptors (Lipinski definition) is 4. The summed E-state index contributed by atoms with van der Waals surface area (Å²) in [5, 5.41) is 8.76. The number of rotatable bonds is 10. The molecule has 0 aliphatic carbocycles. The molecule has 0 saturated heterocycles. The molecule has 0 unspecified atom stereocenters. The standard InChI is InChI=1S/C14H20O4S/c1-17-8-2-10-19-11-3-9-18-13-6-4-12(5-7-13)14(15)16/h4-7H,2-3,8-11H2,1H3,(H,15,16). The molecule has 0 saturated carbocycles. The first kappa shape index (κ1) is 15.9. The van der Waals surface area contributed by atoms with E-state index in [0.717, 1.165) is 36.7 Å². The van der Waals surface area contributed by atoms with E-state index in [2.05, 4.69) is 0 Å². The Bertz CT molecular complexity index is 364. The lowest BCUT2D eigenvalue weighted by Crippen LogP contribution is -2.00. The maximum Gasteiger partial charge on any atom is 0.335 e. The second kappa shape index (κ2) is 9.69. The van der Waals surface area contributed by atoms with Crippen molar-refractivity contribution >= 4 is 17.7 Å². The Kier molecular flexibility index (Phi) is 8.09. The van der Waals surface area contributed by atoms with Crippen molar-refractivity contribution in [3.05, 3.63) is 29.8 Å². The van der Waals surface area contributed by atoms with E-state index in [1.54, 1.807) is 31.4 Å². The Hall–Kier alpha value is -1.20. The number of ether oxygens (including phenoxy) is 2. The number of thioether (sulfide) groups is 1. The SMILES string of the molecule is COCCCSCCCOc1ccc(C(=O)O)cc1. The minimum absolute atomic E-state index is 0.279. The fourth-order valence-electron chi connectivity index (χ4n) is 1.45. The zero-order valence-electron chi connectivity index (χ0n) is 11.1. The Labute approximate surface area is 118 Å². The van der Waals surface area contributed by atoms with Crippen molar-refractivity contribution in [1.82, 2.24) is 0 Å². The van der Waals surface area contributed by atoms with E-state index in [-0.39, 0.29) is 5.56 Å². The van der Waals surface area contributed by atoms with Crippen molar-refractivity contribution in [2.45, 2.75) is 12.8 Å². The lowest BCUT2D eigenvalue weighted by molar-refractivity contribution is 0.0697. The molecule has 19 heavy (non-hydrogen) atoms. The molecule has 1 rings (SSSR count). The highest BCUT2D eigenvalue weighted by atomic mass is 32.2. The van der Waals surface area contributed by atoms with Crippen molar-refractivity contribution in [3.63, 3.8) is 0 Å². The molecule has 0 bridgehead atoms. The van der Waals surface area contributed by atoms with Gasteiger partial charge in [-0.2, -0.15) is 11.8 Å². The van der Waals surface area contributed by atoms with Crippen LogP contribution in [0.5, 0.6) is 5.75 Å². The van der Waals surface area contributed by atoms with Crippen LogP contribution in [-0.2, 0) is 4.74 Å². The molecule has 0 atom stereocenters. The van der Waals surface area contributed by atoms with Gasteiger partial charge in [-0.15, -0.1) is 0 Å². The zero-order valence-corrected chi connectivity index (χ0v) is 11.9. The third-order valence-corrected chi connectivity index (χ3v) is 3.59. The van der Waals surface area contributed by atoms with Gasteiger partial charge in [0.15, 0.2) is 0 Å². The maximum absolute atomic E-state index is 10.7. The molecule has 0 aromatic heterocycles. The lowest BCUT2D eigenvalue weighted by Gasteiger charge is -2.06. The van der Waals surface area contributed by atoms with Gasteiger partial charge < -0.3 is 14.6 Å². The summed E-state index contributed by atoms with van der Waals surface area (Å²) in [5.41, 5.74) is 0.279. The number of aromatic carboxylic acids is 1. The molecule has 0 heterocycles. The van der Waals surface area contributed by atoms with E-state index in [9.17, 15) is 4.79 Å². The van der Waals surface area contributed by atoms with E-state index in [1.807, 2.05) is 11.8 Å². The van der Waals surface area contributed by atoms with Gasteiger partial charge in [0.1, 0.15) is 5.75 Å². The molecule has 1 N–H and O–H groups in total. The molecule has 4 nitrogen and oxygen atoms in total. The number of methoxy groups -OCH3 is 1. The van der Waals surface area contributed by atoms with Crippen LogP contribution < -0.4 is 4.74 Å². The van der Waals surface area contributed by atoms with Crippen LogP contribution in [0.3, 0.4) is 0 Å². The van der Waals surface area contributed by atoms with Crippen molar-refractivity contribution in [2.24, 2.45) is 0 Å². The van der Waals surface area contributed by atoms with E-state index >= 15 is 0 Å². The number of carbonyl (C=O) groups is 1. The quantitative estimate of drug-likeness (QED) is 0.669. The van der Waals surface area contributed by atoms with E-state index in [4.69, 9.17) is 14.6 Å². The molecular weight excluding hydrogens is 264 g/mol. The molecule has 0 radical (unpaired) electrons. The van der Waals surface area contributed by atoms with Crippen LogP contribution in [0.25, 0.3) is 0 Å². The van der Waals surface area contributed by atoms with Crippen LogP contribution in [0.15, 0.2) is 24.3 Å². The smallest absolute Gasteiger partial charge is 0.335 e. The van der Waals surface area contributed by atoms with E-state index in [0.29, 0.717) is 6.61 Å². The van der Waals surface area contributed by atoms with Gasteiger partial charge in [-0.1, -0.05) is 0 Å². The van der Waals surface area contributed by atoms with Gasteiger partial charge in [-0.25, -0.2) is 4.79 Å². The third kappa shape index (κ3) is 7.08. The lowest BCUT2D eigenvalue weighted by atomic mass is 10.2. The topological polar surface area (TPSA) is 55.8 Å². The zero-order chi connectivity index (χ0) is 13.9. The summed E-state index contributed by atoms with van der Waals surface area (Å²) in [6.07, 6.45) is 2.07. The largest absolute Gasteiger partial charge is 0.494 e. The molecule has 106 valence electrons. The van der Waals surface area contributed by atoms with Gasteiger partial charge in [-0.3, -0.25) is 0 Å². The maximum atomic E-state index is 10.7. The van der Waals surface area contributed by atoms with Crippen LogP contribution in [0.1, 0.15) is 23.2 Å². The van der Waals surface area contributed by atoms with Crippen LogP contribution in [0.4, 0.5) is 0 Å². The van der Waals surface area contributed by atoms with Gasteiger partial charge >= 0.3 is 5.97 Å². The third-order valence-electron chi connectivity index (χ3n) is 2.44. The van der Waals surface area contributed by atoms with Crippen molar-refractivity contribution in [2.75, 3.05) is 31.8 Å². The predicted molar refractivity (Wildman–Crippen MR) is 77.3 cm³/mol. The number of benzene rings is 1.